The van der Waals surface area contributed by atoms with Crippen molar-refractivity contribution in [3.8, 4) is 0 Å². The van der Waals surface area contributed by atoms with Crippen LogP contribution in [0.1, 0.15) is 53.4 Å². The Hall–Kier alpha value is -0.163. The van der Waals surface area contributed by atoms with Crippen LogP contribution in [0, 0.1) is 0 Å². The fraction of sp³-hybridized carbons (Fsp3) is 0.857. The van der Waals surface area contributed by atoms with Crippen molar-refractivity contribution >= 4 is 8.80 Å². The molecule has 0 saturated heterocycles. The molecule has 18 heavy (non-hydrogen) atoms. The molecule has 0 rings (SSSR count). The quantitative estimate of drug-likeness (QED) is 0.304. The molecule has 108 valence electrons. The summed E-state index contributed by atoms with van der Waals surface area (Å²) < 4.78 is 17.3. The monoisotopic (exact) mass is 274 g/mol. The van der Waals surface area contributed by atoms with Gasteiger partial charge in [-0.25, -0.2) is 0 Å². The molecule has 0 radical (unpaired) electrons. The molecule has 0 aromatic carbocycles. The zero-order valence-corrected chi connectivity index (χ0v) is 13.5. The third-order valence-electron chi connectivity index (χ3n) is 2.60. The van der Waals surface area contributed by atoms with Crippen LogP contribution in [0.25, 0.3) is 0 Å². The molecule has 0 spiro atoms. The van der Waals surface area contributed by atoms with Gasteiger partial charge in [0, 0.05) is 25.9 Å². The maximum Gasteiger partial charge on any atom is 0.504 e. The normalized spacial score (nSPS) is 12.4. The predicted molar refractivity (Wildman–Crippen MR) is 78.7 cm³/mol. The maximum atomic E-state index is 5.78. The van der Waals surface area contributed by atoms with Crippen molar-refractivity contribution in [3.05, 3.63) is 12.2 Å². The molecule has 4 heteroatoms. The van der Waals surface area contributed by atoms with Crippen LogP contribution >= 0.6 is 0 Å². The fourth-order valence-electron chi connectivity index (χ4n) is 1.82. The third kappa shape index (κ3) is 8.03. The molecular weight excluding hydrogens is 244 g/mol. The van der Waals surface area contributed by atoms with Gasteiger partial charge in [0.05, 0.1) is 0 Å². The van der Waals surface area contributed by atoms with Gasteiger partial charge in [-0.2, -0.15) is 0 Å². The molecule has 0 heterocycles. The highest BCUT2D eigenvalue weighted by molar-refractivity contribution is 6.61. The lowest BCUT2D eigenvalue weighted by Gasteiger charge is -2.27. The smallest absolute Gasteiger partial charge is 0.374 e. The standard InChI is InChI=1S/C14H30O3Si/c1-5-9-10-11-12-13-14-18(15-6-2,16-7-3)17-8-4/h12-13H,5-11,14H2,1-4H3/b13-12+. The van der Waals surface area contributed by atoms with E-state index in [9.17, 15) is 0 Å². The van der Waals surface area contributed by atoms with Gasteiger partial charge in [-0.05, 0) is 33.6 Å². The minimum Gasteiger partial charge on any atom is -0.374 e. The van der Waals surface area contributed by atoms with Crippen molar-refractivity contribution in [1.29, 1.82) is 0 Å². The second kappa shape index (κ2) is 11.9. The molecule has 0 aliphatic rings. The molecule has 0 aromatic heterocycles. The van der Waals surface area contributed by atoms with E-state index >= 15 is 0 Å². The zero-order valence-electron chi connectivity index (χ0n) is 12.5. The van der Waals surface area contributed by atoms with E-state index in [2.05, 4.69) is 19.1 Å². The molecule has 0 N–H and O–H groups in total. The van der Waals surface area contributed by atoms with Gasteiger partial charge in [0.25, 0.3) is 0 Å². The summed E-state index contributed by atoms with van der Waals surface area (Å²) in [7, 11) is -2.45. The molecule has 0 fully saturated rings. The molecule has 3 nitrogen and oxygen atoms in total. The van der Waals surface area contributed by atoms with Crippen LogP contribution in [0.3, 0.4) is 0 Å². The van der Waals surface area contributed by atoms with Gasteiger partial charge in [0.15, 0.2) is 0 Å². The fourth-order valence-corrected chi connectivity index (χ4v) is 4.20. The zero-order chi connectivity index (χ0) is 13.7. The molecule has 0 atom stereocenters. The van der Waals surface area contributed by atoms with Crippen molar-refractivity contribution in [2.45, 2.75) is 59.4 Å². The first-order valence-corrected chi connectivity index (χ1v) is 9.24. The van der Waals surface area contributed by atoms with E-state index in [1.165, 1.54) is 19.3 Å². The van der Waals surface area contributed by atoms with Gasteiger partial charge in [-0.3, -0.25) is 0 Å². The molecule has 0 aliphatic heterocycles. The Balaban J connectivity index is 4.19. The van der Waals surface area contributed by atoms with Crippen LogP contribution in [0.15, 0.2) is 12.2 Å². The third-order valence-corrected chi connectivity index (χ3v) is 5.52. The topological polar surface area (TPSA) is 27.7 Å². The molecule has 0 unspecified atom stereocenters. The van der Waals surface area contributed by atoms with E-state index in [0.717, 1.165) is 12.5 Å². The lowest BCUT2D eigenvalue weighted by atomic mass is 10.2. The van der Waals surface area contributed by atoms with Crippen LogP contribution in [0.4, 0.5) is 0 Å². The minimum atomic E-state index is -2.45. The summed E-state index contributed by atoms with van der Waals surface area (Å²) in [5, 5.41) is 0. The van der Waals surface area contributed by atoms with Crippen LogP contribution in [-0.4, -0.2) is 28.6 Å². The van der Waals surface area contributed by atoms with E-state index in [1.807, 2.05) is 20.8 Å². The van der Waals surface area contributed by atoms with Crippen molar-refractivity contribution in [2.24, 2.45) is 0 Å². The second-order valence-corrected chi connectivity index (χ2v) is 6.79. The summed E-state index contributed by atoms with van der Waals surface area (Å²) in [5.74, 6) is 0. The molecule has 0 bridgehead atoms. The first kappa shape index (κ1) is 17.8. The minimum absolute atomic E-state index is 0.649. The van der Waals surface area contributed by atoms with E-state index in [1.54, 1.807) is 0 Å². The SMILES string of the molecule is CCCCC/C=C/C[Si](OCC)(OCC)OCC. The largest absolute Gasteiger partial charge is 0.504 e. The average Bonchev–Trinajstić information content (AvgIpc) is 2.35. The second-order valence-electron chi connectivity index (χ2n) is 4.15. The Labute approximate surface area is 114 Å². The highest BCUT2D eigenvalue weighted by atomic mass is 28.4. The van der Waals surface area contributed by atoms with E-state index in [0.29, 0.717) is 19.8 Å². The number of hydrogen-bond donors (Lipinski definition) is 0. The Morgan fingerprint density at radius 3 is 1.78 bits per heavy atom. The summed E-state index contributed by atoms with van der Waals surface area (Å²) in [5.41, 5.74) is 0. The maximum absolute atomic E-state index is 5.78. The Morgan fingerprint density at radius 1 is 0.778 bits per heavy atom. The molecule has 0 amide bonds. The Kier molecular flexibility index (Phi) is 11.8. The van der Waals surface area contributed by atoms with E-state index < -0.39 is 8.80 Å². The van der Waals surface area contributed by atoms with E-state index in [-0.39, 0.29) is 0 Å². The summed E-state index contributed by atoms with van der Waals surface area (Å²) in [6, 6.07) is 0.786. The first-order chi connectivity index (χ1) is 8.74. The van der Waals surface area contributed by atoms with E-state index in [4.69, 9.17) is 13.3 Å². The lowest BCUT2D eigenvalue weighted by molar-refractivity contribution is 0.0742. The van der Waals surface area contributed by atoms with Gasteiger partial charge in [-0.1, -0.05) is 31.9 Å². The van der Waals surface area contributed by atoms with Crippen LogP contribution in [0.2, 0.25) is 6.04 Å². The van der Waals surface area contributed by atoms with Crippen molar-refractivity contribution in [1.82, 2.24) is 0 Å². The molecular formula is C14H30O3Si. The van der Waals surface area contributed by atoms with Crippen LogP contribution < -0.4 is 0 Å². The summed E-state index contributed by atoms with van der Waals surface area (Å²) >= 11 is 0. The Bertz CT molecular complexity index is 190. The number of allylic oxidation sites excluding steroid dienone is 2. The van der Waals surface area contributed by atoms with Crippen molar-refractivity contribution in [2.75, 3.05) is 19.8 Å². The van der Waals surface area contributed by atoms with Gasteiger partial charge < -0.3 is 13.3 Å². The van der Waals surface area contributed by atoms with Gasteiger partial charge >= 0.3 is 8.80 Å². The average molecular weight is 274 g/mol. The van der Waals surface area contributed by atoms with Gasteiger partial charge in [-0.15, -0.1) is 0 Å². The highest BCUT2D eigenvalue weighted by Gasteiger charge is 2.38. The molecule has 0 saturated carbocycles. The number of rotatable bonds is 12. The summed E-state index contributed by atoms with van der Waals surface area (Å²) in [4.78, 5) is 0. The van der Waals surface area contributed by atoms with Crippen molar-refractivity contribution in [3.63, 3.8) is 0 Å². The van der Waals surface area contributed by atoms with Crippen molar-refractivity contribution < 1.29 is 13.3 Å². The number of unbranched alkanes of at least 4 members (excludes halogenated alkanes) is 3. The van der Waals surface area contributed by atoms with Crippen LogP contribution in [-0.2, 0) is 13.3 Å². The lowest BCUT2D eigenvalue weighted by Crippen LogP contribution is -2.45. The highest BCUT2D eigenvalue weighted by Crippen LogP contribution is 2.17. The predicted octanol–water partition coefficient (Wildman–Crippen LogP) is 4.17. The first-order valence-electron chi connectivity index (χ1n) is 7.31. The summed E-state index contributed by atoms with van der Waals surface area (Å²) in [6.45, 7) is 10.1. The molecule has 0 aliphatic carbocycles. The number of hydrogen-bond acceptors (Lipinski definition) is 3. The van der Waals surface area contributed by atoms with Gasteiger partial charge in [0.2, 0.25) is 0 Å². The van der Waals surface area contributed by atoms with Gasteiger partial charge in [0.1, 0.15) is 0 Å². The van der Waals surface area contributed by atoms with Crippen LogP contribution in [0.5, 0.6) is 0 Å². The Morgan fingerprint density at radius 2 is 1.33 bits per heavy atom. The summed E-state index contributed by atoms with van der Waals surface area (Å²) in [6.07, 6.45) is 9.37. The molecule has 0 aromatic rings.